The highest BCUT2D eigenvalue weighted by Gasteiger charge is 2.32. The molecule has 7 nitrogen and oxygen atoms in total. The second kappa shape index (κ2) is 8.66. The van der Waals surface area contributed by atoms with Crippen LogP contribution in [0.1, 0.15) is 26.3 Å². The number of aliphatic hydroxyl groups excluding tert-OH is 1. The topological polar surface area (TPSA) is 85.9 Å². The Balaban J connectivity index is 0.00000240. The van der Waals surface area contributed by atoms with Gasteiger partial charge in [0.25, 0.3) is 11.8 Å². The summed E-state index contributed by atoms with van der Waals surface area (Å²) < 4.78 is 1.93. The van der Waals surface area contributed by atoms with Gasteiger partial charge < -0.3 is 29.1 Å². The van der Waals surface area contributed by atoms with E-state index in [2.05, 4.69) is 10.5 Å². The van der Waals surface area contributed by atoms with Crippen LogP contribution in [0.2, 0.25) is 0 Å². The molecule has 0 saturated heterocycles. The third-order valence-corrected chi connectivity index (χ3v) is 4.68. The van der Waals surface area contributed by atoms with Crippen molar-refractivity contribution in [2.45, 2.75) is 0 Å². The number of nitrogens with zero attached hydrogens (tertiary/aromatic N) is 3. The summed E-state index contributed by atoms with van der Waals surface area (Å²) in [5, 5.41) is 14.8. The number of carbonyl (C=O) groups excluding carboxylic acids is 2. The van der Waals surface area contributed by atoms with Gasteiger partial charge in [0.1, 0.15) is 7.05 Å². The van der Waals surface area contributed by atoms with Crippen LogP contribution >= 0.6 is 0 Å². The number of hydrogen-bond acceptors (Lipinski definition) is 5. The number of aryl methyl sites for hydroxylation is 1. The standard InChI is InChI=1S/C21H18N4O3.HI/c1-24-9-3-4-14(13-24)12-22-23-18-8-7-17-19-15(18)5-2-6-16(19)20(27)25(10-11-26)21(17)28;/h2-9,12-13,26H,10-11H2,1H3;1H/b22-12+;. The van der Waals surface area contributed by atoms with Crippen molar-refractivity contribution in [3.05, 3.63) is 71.5 Å². The number of rotatable bonds is 5. The van der Waals surface area contributed by atoms with Crippen molar-refractivity contribution in [3.8, 4) is 0 Å². The van der Waals surface area contributed by atoms with Crippen LogP contribution in [-0.2, 0) is 7.05 Å². The lowest BCUT2D eigenvalue weighted by Crippen LogP contribution is -3.00. The van der Waals surface area contributed by atoms with Crippen LogP contribution in [0.4, 0.5) is 5.69 Å². The molecule has 0 radical (unpaired) electrons. The summed E-state index contributed by atoms with van der Waals surface area (Å²) in [6.07, 6.45) is 5.58. The lowest BCUT2D eigenvalue weighted by atomic mass is 9.93. The molecule has 3 aromatic rings. The first-order valence-electron chi connectivity index (χ1n) is 8.87. The van der Waals surface area contributed by atoms with Gasteiger partial charge in [0.15, 0.2) is 12.4 Å². The molecule has 0 spiro atoms. The Hall–Kier alpha value is -2.85. The summed E-state index contributed by atoms with van der Waals surface area (Å²) >= 11 is 0. The number of aliphatic hydroxyl groups is 1. The highest BCUT2D eigenvalue weighted by atomic mass is 127. The number of anilines is 1. The number of benzene rings is 2. The first-order chi connectivity index (χ1) is 13.6. The molecule has 0 bridgehead atoms. The van der Waals surface area contributed by atoms with E-state index in [-0.39, 0.29) is 37.1 Å². The second-order valence-corrected chi connectivity index (χ2v) is 6.55. The number of halogens is 1. The Morgan fingerprint density at radius 3 is 2.59 bits per heavy atom. The summed E-state index contributed by atoms with van der Waals surface area (Å²) in [4.78, 5) is 26.5. The Morgan fingerprint density at radius 2 is 1.86 bits per heavy atom. The van der Waals surface area contributed by atoms with Gasteiger partial charge in [0.2, 0.25) is 0 Å². The summed E-state index contributed by atoms with van der Waals surface area (Å²) in [6, 6.07) is 12.7. The van der Waals surface area contributed by atoms with Crippen LogP contribution in [-0.4, -0.2) is 41.2 Å². The third-order valence-electron chi connectivity index (χ3n) is 4.68. The van der Waals surface area contributed by atoms with Crippen molar-refractivity contribution in [1.29, 1.82) is 0 Å². The Morgan fingerprint density at radius 1 is 1.10 bits per heavy atom. The zero-order chi connectivity index (χ0) is 19.7. The number of β-amino-alcohol motifs (C(OH)–C–C–N with tert-alkyl or cyclic N) is 1. The Labute approximate surface area is 184 Å². The van der Waals surface area contributed by atoms with Crippen LogP contribution in [0.5, 0.6) is 0 Å². The maximum Gasteiger partial charge on any atom is 0.261 e. The third kappa shape index (κ3) is 3.85. The minimum absolute atomic E-state index is 0. The Bertz CT molecular complexity index is 1110. The second-order valence-electron chi connectivity index (χ2n) is 6.55. The van der Waals surface area contributed by atoms with Crippen molar-refractivity contribution in [2.75, 3.05) is 18.6 Å². The van der Waals surface area contributed by atoms with Gasteiger partial charge in [-0.3, -0.25) is 19.9 Å². The van der Waals surface area contributed by atoms with E-state index in [1.165, 1.54) is 0 Å². The number of hydrazone groups is 1. The fourth-order valence-electron chi connectivity index (χ4n) is 3.41. The zero-order valence-electron chi connectivity index (χ0n) is 15.7. The van der Waals surface area contributed by atoms with Crippen LogP contribution < -0.4 is 34.0 Å². The number of hydrogen-bond donors (Lipinski definition) is 2. The molecule has 0 aliphatic carbocycles. The number of aromatic nitrogens is 1. The molecule has 0 fully saturated rings. The average Bonchev–Trinajstić information content (AvgIpc) is 2.70. The SMILES string of the molecule is C[n+]1cccc(/C=N/Nc2ccc3c4c(cccc24)C(=O)N(CCO)C3=O)c1.[I-]. The van der Waals surface area contributed by atoms with Gasteiger partial charge in [-0.2, -0.15) is 5.10 Å². The van der Waals surface area contributed by atoms with Gasteiger partial charge in [-0.15, -0.1) is 0 Å². The summed E-state index contributed by atoms with van der Waals surface area (Å²) in [5.41, 5.74) is 5.54. The highest BCUT2D eigenvalue weighted by Crippen LogP contribution is 2.34. The molecule has 2 heterocycles. The van der Waals surface area contributed by atoms with Crippen LogP contribution in [0.15, 0.2) is 60.0 Å². The molecular weight excluding hydrogens is 483 g/mol. The quantitative estimate of drug-likeness (QED) is 0.150. The number of pyridine rings is 1. The van der Waals surface area contributed by atoms with Gasteiger partial charge in [-0.25, -0.2) is 4.57 Å². The number of imide groups is 1. The number of amides is 2. The maximum atomic E-state index is 12.7. The monoisotopic (exact) mass is 502 g/mol. The van der Waals surface area contributed by atoms with Gasteiger partial charge in [0, 0.05) is 28.0 Å². The average molecular weight is 502 g/mol. The van der Waals surface area contributed by atoms with Crippen LogP contribution in [0, 0.1) is 0 Å². The highest BCUT2D eigenvalue weighted by molar-refractivity contribution is 6.26. The first-order valence-corrected chi connectivity index (χ1v) is 8.87. The van der Waals surface area contributed by atoms with E-state index in [0.29, 0.717) is 22.2 Å². The van der Waals surface area contributed by atoms with Crippen molar-refractivity contribution < 1.29 is 43.2 Å². The summed E-state index contributed by atoms with van der Waals surface area (Å²) in [6.45, 7) is -0.291. The molecule has 2 amide bonds. The molecule has 29 heavy (non-hydrogen) atoms. The van der Waals surface area contributed by atoms with Crippen molar-refractivity contribution in [2.24, 2.45) is 12.1 Å². The maximum absolute atomic E-state index is 12.7. The largest absolute Gasteiger partial charge is 1.00 e. The first kappa shape index (κ1) is 20.9. The zero-order valence-corrected chi connectivity index (χ0v) is 17.8. The fourth-order valence-corrected chi connectivity index (χ4v) is 3.41. The number of nitrogens with one attached hydrogen (secondary N) is 1. The molecule has 1 aromatic heterocycles. The summed E-state index contributed by atoms with van der Waals surface area (Å²) in [7, 11) is 1.94. The van der Waals surface area contributed by atoms with Crippen molar-refractivity contribution >= 4 is 34.5 Å². The van der Waals surface area contributed by atoms with Gasteiger partial charge in [-0.1, -0.05) is 12.1 Å². The van der Waals surface area contributed by atoms with Gasteiger partial charge in [-0.05, 0) is 24.3 Å². The molecule has 2 aromatic carbocycles. The smallest absolute Gasteiger partial charge is 0.261 e. The van der Waals surface area contributed by atoms with E-state index < -0.39 is 11.8 Å². The molecule has 0 saturated carbocycles. The van der Waals surface area contributed by atoms with Crippen molar-refractivity contribution in [1.82, 2.24) is 4.90 Å². The number of carbonyl (C=O) groups is 2. The molecular formula is C21H19IN4O3. The molecule has 2 N–H and O–H groups in total. The minimum atomic E-state index is -0.394. The van der Waals surface area contributed by atoms with E-state index in [1.807, 2.05) is 42.2 Å². The molecule has 1 aliphatic heterocycles. The van der Waals surface area contributed by atoms with Gasteiger partial charge in [0.05, 0.1) is 30.6 Å². The molecule has 0 unspecified atom stereocenters. The fraction of sp³-hybridized carbons (Fsp3) is 0.143. The predicted molar refractivity (Wildman–Crippen MR) is 105 cm³/mol. The van der Waals surface area contributed by atoms with E-state index >= 15 is 0 Å². The van der Waals surface area contributed by atoms with E-state index in [9.17, 15) is 14.7 Å². The van der Waals surface area contributed by atoms with E-state index in [4.69, 9.17) is 0 Å². The summed E-state index contributed by atoms with van der Waals surface area (Å²) in [5.74, 6) is -0.788. The lowest BCUT2D eigenvalue weighted by Gasteiger charge is -2.27. The molecule has 0 atom stereocenters. The van der Waals surface area contributed by atoms with Crippen molar-refractivity contribution in [3.63, 3.8) is 0 Å². The predicted octanol–water partition coefficient (Wildman–Crippen LogP) is -1.30. The normalized spacial score (nSPS) is 13.1. The lowest BCUT2D eigenvalue weighted by molar-refractivity contribution is -0.671. The van der Waals surface area contributed by atoms with E-state index in [1.54, 1.807) is 30.5 Å². The van der Waals surface area contributed by atoms with Crippen LogP contribution in [0.25, 0.3) is 10.8 Å². The van der Waals surface area contributed by atoms with Crippen LogP contribution in [0.3, 0.4) is 0 Å². The molecule has 148 valence electrons. The van der Waals surface area contributed by atoms with Gasteiger partial charge >= 0.3 is 0 Å². The van der Waals surface area contributed by atoms with E-state index in [0.717, 1.165) is 15.8 Å². The Kier molecular flexibility index (Phi) is 6.23. The molecule has 4 rings (SSSR count). The molecule has 1 aliphatic rings. The minimum Gasteiger partial charge on any atom is -1.00 e. The molecule has 8 heteroatoms.